The summed E-state index contributed by atoms with van der Waals surface area (Å²) in [5, 5.41) is 8.58. The predicted molar refractivity (Wildman–Crippen MR) is 52.8 cm³/mol. The summed E-state index contributed by atoms with van der Waals surface area (Å²) in [5.41, 5.74) is 0.376. The topological polar surface area (TPSA) is 52.8 Å². The van der Waals surface area contributed by atoms with Gasteiger partial charge in [-0.25, -0.2) is 9.97 Å². The van der Waals surface area contributed by atoms with E-state index < -0.39 is 0 Å². The molecule has 1 aliphatic heterocycles. The van der Waals surface area contributed by atoms with E-state index >= 15 is 0 Å². The highest BCUT2D eigenvalue weighted by Crippen LogP contribution is 2.22. The number of rotatable bonds is 1. The first-order chi connectivity index (χ1) is 6.81. The zero-order valence-corrected chi connectivity index (χ0v) is 8.14. The Kier molecular flexibility index (Phi) is 2.32. The second-order valence-corrected chi connectivity index (χ2v) is 3.56. The number of nitriles is 1. The molecule has 0 N–H and O–H groups in total. The first kappa shape index (κ1) is 8.95. The molecule has 2 heterocycles. The van der Waals surface area contributed by atoms with E-state index in [0.29, 0.717) is 11.7 Å². The van der Waals surface area contributed by atoms with Crippen molar-refractivity contribution < 1.29 is 0 Å². The summed E-state index contributed by atoms with van der Waals surface area (Å²) in [6.07, 6.45) is 5.63. The third-order valence-electron chi connectivity index (χ3n) is 2.60. The van der Waals surface area contributed by atoms with Crippen LogP contribution in [0.5, 0.6) is 0 Å². The molecule has 4 nitrogen and oxygen atoms in total. The largest absolute Gasteiger partial charge is 0.353 e. The molecule has 1 aromatic rings. The second kappa shape index (κ2) is 3.62. The summed E-state index contributed by atoms with van der Waals surface area (Å²) in [6, 6.07) is 2.50. The molecule has 0 spiro atoms. The van der Waals surface area contributed by atoms with Crippen molar-refractivity contribution in [2.24, 2.45) is 0 Å². The Hall–Kier alpha value is -1.63. The monoisotopic (exact) mass is 188 g/mol. The predicted octanol–water partition coefficient (Wildman–Crippen LogP) is 1.34. The van der Waals surface area contributed by atoms with E-state index in [9.17, 15) is 0 Å². The van der Waals surface area contributed by atoms with Crippen LogP contribution in [0.3, 0.4) is 0 Å². The Morgan fingerprint density at radius 3 is 2.86 bits per heavy atom. The maximum atomic E-state index is 8.58. The number of nitrogens with zero attached hydrogens (tertiary/aromatic N) is 4. The standard InChI is InChI=1S/C10H12N4/c1-8-3-2-4-14(8)10-7-12-9(5-11)6-13-10/h6-8H,2-4H2,1H3. The summed E-state index contributed by atoms with van der Waals surface area (Å²) < 4.78 is 0. The smallest absolute Gasteiger partial charge is 0.158 e. The quantitative estimate of drug-likeness (QED) is 0.667. The lowest BCUT2D eigenvalue weighted by Crippen LogP contribution is -2.27. The van der Waals surface area contributed by atoms with Gasteiger partial charge >= 0.3 is 0 Å². The molecule has 2 rings (SSSR count). The van der Waals surface area contributed by atoms with Crippen molar-refractivity contribution in [1.82, 2.24) is 9.97 Å². The van der Waals surface area contributed by atoms with Crippen LogP contribution in [0.1, 0.15) is 25.5 Å². The average molecular weight is 188 g/mol. The minimum atomic E-state index is 0.376. The summed E-state index contributed by atoms with van der Waals surface area (Å²) in [6.45, 7) is 3.23. The summed E-state index contributed by atoms with van der Waals surface area (Å²) in [4.78, 5) is 10.5. The van der Waals surface area contributed by atoms with Crippen LogP contribution in [-0.4, -0.2) is 22.6 Å². The van der Waals surface area contributed by atoms with E-state index in [4.69, 9.17) is 5.26 Å². The van der Waals surface area contributed by atoms with Crippen molar-refractivity contribution in [3.63, 3.8) is 0 Å². The third-order valence-corrected chi connectivity index (χ3v) is 2.60. The van der Waals surface area contributed by atoms with E-state index in [2.05, 4.69) is 21.8 Å². The van der Waals surface area contributed by atoms with Gasteiger partial charge in [0.1, 0.15) is 11.9 Å². The number of hydrogen-bond donors (Lipinski definition) is 0. The molecule has 0 aromatic carbocycles. The minimum Gasteiger partial charge on any atom is -0.353 e. The maximum Gasteiger partial charge on any atom is 0.158 e. The van der Waals surface area contributed by atoms with Gasteiger partial charge in [-0.3, -0.25) is 0 Å². The molecule has 1 aliphatic rings. The fraction of sp³-hybridized carbons (Fsp3) is 0.500. The second-order valence-electron chi connectivity index (χ2n) is 3.56. The van der Waals surface area contributed by atoms with Gasteiger partial charge in [-0.2, -0.15) is 5.26 Å². The molecule has 1 saturated heterocycles. The molecular weight excluding hydrogens is 176 g/mol. The molecule has 1 fully saturated rings. The minimum absolute atomic E-state index is 0.376. The van der Waals surface area contributed by atoms with Gasteiger partial charge in [0.2, 0.25) is 0 Å². The summed E-state index contributed by atoms with van der Waals surface area (Å²) >= 11 is 0. The summed E-state index contributed by atoms with van der Waals surface area (Å²) in [5.74, 6) is 0.883. The molecule has 1 unspecified atom stereocenters. The van der Waals surface area contributed by atoms with Crippen LogP contribution in [0.15, 0.2) is 12.4 Å². The average Bonchev–Trinajstić information content (AvgIpc) is 2.65. The van der Waals surface area contributed by atoms with E-state index in [1.54, 1.807) is 6.20 Å². The Bertz CT molecular complexity index is 351. The van der Waals surface area contributed by atoms with E-state index in [0.717, 1.165) is 12.4 Å². The Labute approximate surface area is 83.2 Å². The van der Waals surface area contributed by atoms with Crippen LogP contribution >= 0.6 is 0 Å². The van der Waals surface area contributed by atoms with Crippen molar-refractivity contribution >= 4 is 5.82 Å². The zero-order chi connectivity index (χ0) is 9.97. The molecule has 72 valence electrons. The zero-order valence-electron chi connectivity index (χ0n) is 8.14. The summed E-state index contributed by atoms with van der Waals surface area (Å²) in [7, 11) is 0. The molecule has 0 saturated carbocycles. The number of aromatic nitrogens is 2. The Morgan fingerprint density at radius 2 is 2.36 bits per heavy atom. The van der Waals surface area contributed by atoms with E-state index in [-0.39, 0.29) is 0 Å². The van der Waals surface area contributed by atoms with Crippen LogP contribution in [0.2, 0.25) is 0 Å². The van der Waals surface area contributed by atoms with E-state index in [1.165, 1.54) is 19.0 Å². The maximum absolute atomic E-state index is 8.58. The first-order valence-corrected chi connectivity index (χ1v) is 4.80. The van der Waals surface area contributed by atoms with Crippen molar-refractivity contribution in [2.75, 3.05) is 11.4 Å². The fourth-order valence-electron chi connectivity index (χ4n) is 1.80. The van der Waals surface area contributed by atoms with E-state index in [1.807, 2.05) is 6.07 Å². The molecular formula is C10H12N4. The molecule has 0 bridgehead atoms. The van der Waals surface area contributed by atoms with Gasteiger partial charge in [-0.05, 0) is 19.8 Å². The lowest BCUT2D eigenvalue weighted by molar-refractivity contribution is 0.725. The van der Waals surface area contributed by atoms with Gasteiger partial charge in [0, 0.05) is 12.6 Å². The molecule has 4 heteroatoms. The van der Waals surface area contributed by atoms with Crippen LogP contribution in [0.25, 0.3) is 0 Å². The third kappa shape index (κ3) is 1.53. The van der Waals surface area contributed by atoms with Gasteiger partial charge in [-0.15, -0.1) is 0 Å². The van der Waals surface area contributed by atoms with Crippen LogP contribution in [0, 0.1) is 11.3 Å². The van der Waals surface area contributed by atoms with Gasteiger partial charge < -0.3 is 4.90 Å². The highest BCUT2D eigenvalue weighted by atomic mass is 15.2. The molecule has 1 aromatic heterocycles. The van der Waals surface area contributed by atoms with Crippen LogP contribution in [-0.2, 0) is 0 Å². The molecule has 0 aliphatic carbocycles. The SMILES string of the molecule is CC1CCCN1c1cnc(C#N)cn1. The molecule has 0 radical (unpaired) electrons. The highest BCUT2D eigenvalue weighted by Gasteiger charge is 2.21. The van der Waals surface area contributed by atoms with Crippen molar-refractivity contribution in [3.8, 4) is 6.07 Å². The lowest BCUT2D eigenvalue weighted by Gasteiger charge is -2.21. The van der Waals surface area contributed by atoms with Crippen molar-refractivity contribution in [3.05, 3.63) is 18.1 Å². The molecule has 0 amide bonds. The normalized spacial score (nSPS) is 20.9. The molecule has 1 atom stereocenters. The number of hydrogen-bond acceptors (Lipinski definition) is 4. The van der Waals surface area contributed by atoms with Crippen LogP contribution in [0.4, 0.5) is 5.82 Å². The highest BCUT2D eigenvalue weighted by molar-refractivity contribution is 5.39. The van der Waals surface area contributed by atoms with Gasteiger partial charge in [0.25, 0.3) is 0 Å². The first-order valence-electron chi connectivity index (χ1n) is 4.80. The van der Waals surface area contributed by atoms with Gasteiger partial charge in [-0.1, -0.05) is 0 Å². The van der Waals surface area contributed by atoms with Gasteiger partial charge in [0.15, 0.2) is 5.69 Å². The number of anilines is 1. The van der Waals surface area contributed by atoms with Crippen LogP contribution < -0.4 is 4.90 Å². The molecule has 14 heavy (non-hydrogen) atoms. The fourth-order valence-corrected chi connectivity index (χ4v) is 1.80. The van der Waals surface area contributed by atoms with Crippen molar-refractivity contribution in [1.29, 1.82) is 5.26 Å². The Balaban J connectivity index is 2.21. The van der Waals surface area contributed by atoms with Gasteiger partial charge in [0.05, 0.1) is 12.4 Å². The lowest BCUT2D eigenvalue weighted by atomic mass is 10.2. The van der Waals surface area contributed by atoms with Crippen molar-refractivity contribution in [2.45, 2.75) is 25.8 Å². The Morgan fingerprint density at radius 1 is 1.50 bits per heavy atom.